The molecule has 2 aromatic heterocycles. The Morgan fingerprint density at radius 3 is 2.54 bits per heavy atom. The van der Waals surface area contributed by atoms with Crippen molar-refractivity contribution in [3.05, 3.63) is 47.0 Å². The van der Waals surface area contributed by atoms with Crippen molar-refractivity contribution in [2.24, 2.45) is 5.73 Å². The monoisotopic (exact) mass is 414 g/mol. The van der Waals surface area contributed by atoms with Gasteiger partial charge in [-0.05, 0) is 0 Å². The number of hydrogen-bond donors (Lipinski definition) is 1. The van der Waals surface area contributed by atoms with Crippen LogP contribution < -0.4 is 10.6 Å². The summed E-state index contributed by atoms with van der Waals surface area (Å²) in [6, 6.07) is 0.594. The Morgan fingerprint density at radius 1 is 1.18 bits per heavy atom. The molecule has 3 heterocycles. The minimum atomic E-state index is -2.98. The topological polar surface area (TPSA) is 72.9 Å². The van der Waals surface area contributed by atoms with Gasteiger partial charge in [0.25, 0.3) is 5.92 Å². The van der Waals surface area contributed by atoms with Crippen molar-refractivity contribution in [2.45, 2.75) is 24.9 Å². The van der Waals surface area contributed by atoms with Crippen LogP contribution in [0.1, 0.15) is 12.2 Å². The summed E-state index contributed by atoms with van der Waals surface area (Å²) in [5, 5.41) is 0.344. The van der Waals surface area contributed by atoms with E-state index in [0.29, 0.717) is 16.4 Å². The SMILES string of the molecule is N[C@@H]1CN(c2nc3cc(F)c(F)cc3n2Cc2ncc(Cl)cn2)CCC1(F)F. The van der Waals surface area contributed by atoms with Gasteiger partial charge in [-0.15, -0.1) is 0 Å². The molecule has 6 nitrogen and oxygen atoms in total. The van der Waals surface area contributed by atoms with Gasteiger partial charge in [0.1, 0.15) is 5.82 Å². The predicted octanol–water partition coefficient (Wildman–Crippen LogP) is 2.98. The highest BCUT2D eigenvalue weighted by atomic mass is 35.5. The van der Waals surface area contributed by atoms with Crippen LogP contribution in [0.25, 0.3) is 11.0 Å². The zero-order valence-electron chi connectivity index (χ0n) is 14.4. The number of aromatic nitrogens is 4. The highest BCUT2D eigenvalue weighted by Gasteiger charge is 2.42. The standard InChI is InChI=1S/C17H15ClF4N6/c18-9-5-24-15(25-6-9)8-28-13-4-11(20)10(19)3-12(13)26-16(28)27-2-1-17(21,22)14(23)7-27/h3-6,14H,1-2,7-8,23H2/t14-/m1/s1. The Kier molecular flexibility index (Phi) is 4.62. The third-order valence-corrected chi connectivity index (χ3v) is 4.90. The molecule has 3 aromatic rings. The molecule has 1 saturated heterocycles. The number of alkyl halides is 2. The number of fused-ring (bicyclic) bond motifs is 1. The van der Waals surface area contributed by atoms with Gasteiger partial charge in [0, 0.05) is 44.0 Å². The van der Waals surface area contributed by atoms with E-state index in [1.54, 1.807) is 9.47 Å². The summed E-state index contributed by atoms with van der Waals surface area (Å²) in [7, 11) is 0. The van der Waals surface area contributed by atoms with Crippen molar-refractivity contribution >= 4 is 28.6 Å². The number of hydrogen-bond acceptors (Lipinski definition) is 5. The summed E-state index contributed by atoms with van der Waals surface area (Å²) in [5.74, 6) is -4.46. The fourth-order valence-electron chi connectivity index (χ4n) is 3.18. The van der Waals surface area contributed by atoms with Gasteiger partial charge >= 0.3 is 0 Å². The van der Waals surface area contributed by atoms with Crippen LogP contribution >= 0.6 is 11.6 Å². The van der Waals surface area contributed by atoms with Gasteiger partial charge in [0.15, 0.2) is 11.6 Å². The van der Waals surface area contributed by atoms with Crippen LogP contribution in [0.5, 0.6) is 0 Å². The Bertz CT molecular complexity index is 1020. The van der Waals surface area contributed by atoms with Gasteiger partial charge in [-0.25, -0.2) is 32.5 Å². The number of piperidine rings is 1. The maximum atomic E-state index is 13.8. The molecule has 0 saturated carbocycles. The predicted molar refractivity (Wildman–Crippen MR) is 95.5 cm³/mol. The lowest BCUT2D eigenvalue weighted by molar-refractivity contribution is -0.0395. The molecule has 2 N–H and O–H groups in total. The first kappa shape index (κ1) is 18.9. The lowest BCUT2D eigenvalue weighted by Gasteiger charge is -2.37. The molecule has 0 aliphatic carbocycles. The van der Waals surface area contributed by atoms with Gasteiger partial charge in [-0.3, -0.25) is 0 Å². The van der Waals surface area contributed by atoms with Crippen molar-refractivity contribution in [1.82, 2.24) is 19.5 Å². The third kappa shape index (κ3) is 3.37. The summed E-state index contributed by atoms with van der Waals surface area (Å²) < 4.78 is 56.6. The number of anilines is 1. The van der Waals surface area contributed by atoms with E-state index in [0.717, 1.165) is 12.1 Å². The maximum Gasteiger partial charge on any atom is 0.266 e. The number of nitrogens with two attached hydrogens (primary N) is 1. The molecule has 11 heteroatoms. The summed E-state index contributed by atoms with van der Waals surface area (Å²) in [4.78, 5) is 14.1. The smallest absolute Gasteiger partial charge is 0.266 e. The molecule has 148 valence electrons. The first-order valence-electron chi connectivity index (χ1n) is 8.44. The average molecular weight is 415 g/mol. The largest absolute Gasteiger partial charge is 0.340 e. The number of benzene rings is 1. The normalized spacial score (nSPS) is 19.4. The Balaban J connectivity index is 1.79. The molecule has 1 atom stereocenters. The summed E-state index contributed by atoms with van der Waals surface area (Å²) in [5.41, 5.74) is 6.09. The Morgan fingerprint density at radius 2 is 1.86 bits per heavy atom. The van der Waals surface area contributed by atoms with Crippen molar-refractivity contribution in [2.75, 3.05) is 18.0 Å². The third-order valence-electron chi connectivity index (χ3n) is 4.70. The number of nitrogens with zero attached hydrogens (tertiary/aromatic N) is 5. The minimum Gasteiger partial charge on any atom is -0.340 e. The molecule has 0 amide bonds. The molecule has 28 heavy (non-hydrogen) atoms. The molecule has 1 aromatic carbocycles. The van der Waals surface area contributed by atoms with Crippen molar-refractivity contribution in [3.63, 3.8) is 0 Å². The lowest BCUT2D eigenvalue weighted by Crippen LogP contribution is -2.55. The molecule has 0 radical (unpaired) electrons. The van der Waals surface area contributed by atoms with Gasteiger partial charge in [0.05, 0.1) is 28.6 Å². The molecule has 1 fully saturated rings. The second kappa shape index (κ2) is 6.85. The summed E-state index contributed by atoms with van der Waals surface area (Å²) in [6.45, 7) is -0.0879. The van der Waals surface area contributed by atoms with Crippen molar-refractivity contribution in [3.8, 4) is 0 Å². The van der Waals surface area contributed by atoms with E-state index in [2.05, 4.69) is 15.0 Å². The van der Waals surface area contributed by atoms with Crippen LogP contribution in [-0.2, 0) is 6.54 Å². The quantitative estimate of drug-likeness (QED) is 0.667. The Hall–Kier alpha value is -2.46. The van der Waals surface area contributed by atoms with Gasteiger partial charge < -0.3 is 15.2 Å². The Labute approximate surface area is 161 Å². The van der Waals surface area contributed by atoms with E-state index >= 15 is 0 Å². The summed E-state index contributed by atoms with van der Waals surface area (Å²) >= 11 is 5.79. The van der Waals surface area contributed by atoms with Gasteiger partial charge in [-0.2, -0.15) is 0 Å². The van der Waals surface area contributed by atoms with E-state index < -0.39 is 30.0 Å². The molecule has 4 rings (SSSR count). The molecule has 1 aliphatic heterocycles. The zero-order chi connectivity index (χ0) is 20.1. The minimum absolute atomic E-state index is 0.00351. The first-order valence-corrected chi connectivity index (χ1v) is 8.82. The van der Waals surface area contributed by atoms with Crippen LogP contribution in [0.4, 0.5) is 23.5 Å². The van der Waals surface area contributed by atoms with Crippen molar-refractivity contribution in [1.29, 1.82) is 0 Å². The molecular weight excluding hydrogens is 400 g/mol. The molecular formula is C17H15ClF4N6. The second-order valence-corrected chi connectivity index (χ2v) is 7.07. The number of halogens is 5. The van der Waals surface area contributed by atoms with Crippen LogP contribution in [-0.4, -0.2) is 44.6 Å². The molecule has 0 bridgehead atoms. The van der Waals surface area contributed by atoms with E-state index in [1.165, 1.54) is 12.4 Å². The van der Waals surface area contributed by atoms with Gasteiger partial charge in [-0.1, -0.05) is 11.6 Å². The summed E-state index contributed by atoms with van der Waals surface area (Å²) in [6.07, 6.45) is 2.36. The fraction of sp³-hybridized carbons (Fsp3) is 0.353. The van der Waals surface area contributed by atoms with Crippen molar-refractivity contribution < 1.29 is 17.6 Å². The van der Waals surface area contributed by atoms with E-state index in [-0.39, 0.29) is 31.1 Å². The van der Waals surface area contributed by atoms with Crippen LogP contribution in [0, 0.1) is 11.6 Å². The van der Waals surface area contributed by atoms with Crippen LogP contribution in [0.3, 0.4) is 0 Å². The highest BCUT2D eigenvalue weighted by Crippen LogP contribution is 2.32. The van der Waals surface area contributed by atoms with Gasteiger partial charge in [0.2, 0.25) is 5.95 Å². The second-order valence-electron chi connectivity index (χ2n) is 6.63. The maximum absolute atomic E-state index is 13.8. The van der Waals surface area contributed by atoms with Crippen LogP contribution in [0.2, 0.25) is 5.02 Å². The molecule has 0 unspecified atom stereocenters. The fourth-order valence-corrected chi connectivity index (χ4v) is 3.28. The van der Waals surface area contributed by atoms with E-state index in [9.17, 15) is 17.6 Å². The zero-order valence-corrected chi connectivity index (χ0v) is 15.2. The number of rotatable bonds is 3. The van der Waals surface area contributed by atoms with E-state index in [4.69, 9.17) is 17.3 Å². The first-order chi connectivity index (χ1) is 13.2. The van der Waals surface area contributed by atoms with E-state index in [1.807, 2.05) is 0 Å². The highest BCUT2D eigenvalue weighted by molar-refractivity contribution is 6.30. The average Bonchev–Trinajstić information content (AvgIpc) is 2.97. The molecule has 0 spiro atoms. The number of imidazole rings is 1. The lowest BCUT2D eigenvalue weighted by atomic mass is 10.0. The van der Waals surface area contributed by atoms with Crippen LogP contribution in [0.15, 0.2) is 24.5 Å². The molecule has 1 aliphatic rings.